The summed E-state index contributed by atoms with van der Waals surface area (Å²) in [7, 11) is 0. The van der Waals surface area contributed by atoms with E-state index in [1.807, 2.05) is 6.07 Å². The number of hydrogen-bond acceptors (Lipinski definition) is 4. The number of carbonyl (C=O) groups excluding carboxylic acids is 1. The molecule has 1 aliphatic heterocycles. The van der Waals surface area contributed by atoms with Crippen LogP contribution in [0.1, 0.15) is 35.3 Å². The Labute approximate surface area is 162 Å². The van der Waals surface area contributed by atoms with E-state index in [-0.39, 0.29) is 5.91 Å². The van der Waals surface area contributed by atoms with E-state index in [4.69, 9.17) is 0 Å². The molecule has 0 spiro atoms. The van der Waals surface area contributed by atoms with E-state index in [1.54, 1.807) is 12.3 Å². The second-order valence-corrected chi connectivity index (χ2v) is 7.70. The molecule has 5 heteroatoms. The van der Waals surface area contributed by atoms with Gasteiger partial charge >= 0.3 is 0 Å². The topological polar surface area (TPSA) is 48.5 Å². The largest absolute Gasteiger partial charge is 0.368 e. The first-order chi connectivity index (χ1) is 13.0. The first kappa shape index (κ1) is 19.2. The molecule has 1 aromatic carbocycles. The maximum absolute atomic E-state index is 12.3. The van der Waals surface area contributed by atoms with Gasteiger partial charge in [0, 0.05) is 50.2 Å². The molecule has 144 valence electrons. The van der Waals surface area contributed by atoms with Gasteiger partial charge in [0.1, 0.15) is 5.82 Å². The first-order valence-corrected chi connectivity index (χ1v) is 9.76. The van der Waals surface area contributed by atoms with Gasteiger partial charge in [0.15, 0.2) is 0 Å². The highest BCUT2D eigenvalue weighted by Gasteiger charge is 2.20. The van der Waals surface area contributed by atoms with Crippen LogP contribution in [0.4, 0.5) is 11.5 Å². The molecule has 3 rings (SSSR count). The Balaban J connectivity index is 1.65. The van der Waals surface area contributed by atoms with Crippen LogP contribution in [0.3, 0.4) is 0 Å². The van der Waals surface area contributed by atoms with Gasteiger partial charge in [-0.05, 0) is 49.1 Å². The summed E-state index contributed by atoms with van der Waals surface area (Å²) in [6.45, 7) is 12.9. The van der Waals surface area contributed by atoms with Gasteiger partial charge in [-0.15, -0.1) is 0 Å². The number of anilines is 2. The van der Waals surface area contributed by atoms with Crippen LogP contribution < -0.4 is 15.1 Å². The predicted octanol–water partition coefficient (Wildman–Crippen LogP) is 3.41. The zero-order valence-corrected chi connectivity index (χ0v) is 16.8. The Kier molecular flexibility index (Phi) is 5.99. The average molecular weight is 367 g/mol. The minimum absolute atomic E-state index is 0.0265. The van der Waals surface area contributed by atoms with Crippen molar-refractivity contribution in [2.75, 3.05) is 42.5 Å². The molecule has 1 amide bonds. The van der Waals surface area contributed by atoms with E-state index < -0.39 is 0 Å². The van der Waals surface area contributed by atoms with E-state index in [0.717, 1.165) is 32.0 Å². The summed E-state index contributed by atoms with van der Waals surface area (Å²) in [5.41, 5.74) is 4.69. The summed E-state index contributed by atoms with van der Waals surface area (Å²) >= 11 is 0. The molecule has 1 saturated heterocycles. The number of benzene rings is 1. The number of rotatable bonds is 5. The van der Waals surface area contributed by atoms with Gasteiger partial charge in [-0.1, -0.05) is 26.0 Å². The third-order valence-electron chi connectivity index (χ3n) is 5.20. The smallest absolute Gasteiger partial charge is 0.251 e. The van der Waals surface area contributed by atoms with Gasteiger partial charge in [0.05, 0.1) is 0 Å². The highest BCUT2D eigenvalue weighted by Crippen LogP contribution is 2.25. The number of piperazine rings is 1. The SMILES string of the molecule is Cc1cccc(N2CCN(c3cc(C(=O)NCC(C)C)ccn3)CC2)c1C. The van der Waals surface area contributed by atoms with Crippen LogP contribution in [-0.2, 0) is 0 Å². The van der Waals surface area contributed by atoms with Crippen molar-refractivity contribution in [3.8, 4) is 0 Å². The molecule has 0 aliphatic carbocycles. The maximum Gasteiger partial charge on any atom is 0.251 e. The molecule has 0 radical (unpaired) electrons. The van der Waals surface area contributed by atoms with Crippen LogP contribution in [0.5, 0.6) is 0 Å². The Hall–Kier alpha value is -2.56. The van der Waals surface area contributed by atoms with Crippen LogP contribution >= 0.6 is 0 Å². The monoisotopic (exact) mass is 366 g/mol. The Bertz CT molecular complexity index is 795. The number of pyridine rings is 1. The highest BCUT2D eigenvalue weighted by atomic mass is 16.1. The van der Waals surface area contributed by atoms with Crippen molar-refractivity contribution in [3.05, 3.63) is 53.2 Å². The number of nitrogens with one attached hydrogen (secondary N) is 1. The first-order valence-electron chi connectivity index (χ1n) is 9.76. The molecule has 0 atom stereocenters. The molecule has 1 aliphatic rings. The van der Waals surface area contributed by atoms with Crippen LogP contribution in [0, 0.1) is 19.8 Å². The molecule has 2 aromatic rings. The van der Waals surface area contributed by atoms with Gasteiger partial charge in [-0.3, -0.25) is 4.79 Å². The van der Waals surface area contributed by atoms with Crippen molar-refractivity contribution in [3.63, 3.8) is 0 Å². The molecule has 0 unspecified atom stereocenters. The molecule has 5 nitrogen and oxygen atoms in total. The third kappa shape index (κ3) is 4.59. The van der Waals surface area contributed by atoms with E-state index in [1.165, 1.54) is 16.8 Å². The highest BCUT2D eigenvalue weighted by molar-refractivity contribution is 5.94. The fourth-order valence-corrected chi connectivity index (χ4v) is 3.39. The fourth-order valence-electron chi connectivity index (χ4n) is 3.39. The summed E-state index contributed by atoms with van der Waals surface area (Å²) in [6.07, 6.45) is 1.73. The van der Waals surface area contributed by atoms with Gasteiger partial charge in [-0.2, -0.15) is 0 Å². The number of aromatic nitrogens is 1. The van der Waals surface area contributed by atoms with Crippen LogP contribution in [0.25, 0.3) is 0 Å². The van der Waals surface area contributed by atoms with Crippen molar-refractivity contribution in [1.29, 1.82) is 0 Å². The lowest BCUT2D eigenvalue weighted by Crippen LogP contribution is -2.47. The quantitative estimate of drug-likeness (QED) is 0.881. The van der Waals surface area contributed by atoms with Gasteiger partial charge in [0.2, 0.25) is 0 Å². The van der Waals surface area contributed by atoms with Crippen LogP contribution in [0.2, 0.25) is 0 Å². The lowest BCUT2D eigenvalue weighted by molar-refractivity contribution is 0.0949. The van der Waals surface area contributed by atoms with Crippen molar-refractivity contribution in [2.24, 2.45) is 5.92 Å². The lowest BCUT2D eigenvalue weighted by atomic mass is 10.1. The van der Waals surface area contributed by atoms with E-state index in [0.29, 0.717) is 18.0 Å². The molecule has 0 bridgehead atoms. The molecule has 2 heterocycles. The van der Waals surface area contributed by atoms with Gasteiger partial charge in [-0.25, -0.2) is 4.98 Å². The minimum Gasteiger partial charge on any atom is -0.368 e. The Morgan fingerprint density at radius 2 is 1.81 bits per heavy atom. The van der Waals surface area contributed by atoms with Crippen molar-refractivity contribution >= 4 is 17.4 Å². The van der Waals surface area contributed by atoms with Gasteiger partial charge in [0.25, 0.3) is 5.91 Å². The average Bonchev–Trinajstić information content (AvgIpc) is 2.68. The predicted molar refractivity (Wildman–Crippen MR) is 112 cm³/mol. The van der Waals surface area contributed by atoms with E-state index >= 15 is 0 Å². The summed E-state index contributed by atoms with van der Waals surface area (Å²) in [5, 5.41) is 2.98. The summed E-state index contributed by atoms with van der Waals surface area (Å²) < 4.78 is 0. The molecule has 27 heavy (non-hydrogen) atoms. The summed E-state index contributed by atoms with van der Waals surface area (Å²) in [6, 6.07) is 10.2. The Morgan fingerprint density at radius 1 is 1.11 bits per heavy atom. The molecular weight excluding hydrogens is 336 g/mol. The second-order valence-electron chi connectivity index (χ2n) is 7.70. The zero-order chi connectivity index (χ0) is 19.4. The van der Waals surface area contributed by atoms with Crippen LogP contribution in [-0.4, -0.2) is 43.6 Å². The number of amides is 1. The number of carbonyl (C=O) groups is 1. The molecular formula is C22H30N4O. The standard InChI is InChI=1S/C22H30N4O/c1-16(2)15-24-22(27)19-8-9-23-21(14-19)26-12-10-25(11-13-26)20-7-5-6-17(3)18(20)4/h5-9,14,16H,10-13,15H2,1-4H3,(H,24,27). The fraction of sp³-hybridized carbons (Fsp3) is 0.455. The molecule has 0 saturated carbocycles. The molecule has 1 fully saturated rings. The third-order valence-corrected chi connectivity index (χ3v) is 5.20. The zero-order valence-electron chi connectivity index (χ0n) is 16.8. The number of nitrogens with zero attached hydrogens (tertiary/aromatic N) is 3. The number of hydrogen-bond donors (Lipinski definition) is 1. The van der Waals surface area contributed by atoms with Gasteiger partial charge < -0.3 is 15.1 Å². The van der Waals surface area contributed by atoms with Crippen LogP contribution in [0.15, 0.2) is 36.5 Å². The summed E-state index contributed by atoms with van der Waals surface area (Å²) in [5.74, 6) is 1.29. The van der Waals surface area contributed by atoms with Crippen molar-refractivity contribution in [2.45, 2.75) is 27.7 Å². The number of aryl methyl sites for hydroxylation is 1. The normalized spacial score (nSPS) is 14.6. The second kappa shape index (κ2) is 8.42. The Morgan fingerprint density at radius 3 is 2.52 bits per heavy atom. The lowest BCUT2D eigenvalue weighted by Gasteiger charge is -2.37. The molecule has 1 aromatic heterocycles. The van der Waals surface area contributed by atoms with Crippen molar-refractivity contribution < 1.29 is 4.79 Å². The minimum atomic E-state index is -0.0265. The van der Waals surface area contributed by atoms with E-state index in [2.05, 4.69) is 66.0 Å². The van der Waals surface area contributed by atoms with E-state index in [9.17, 15) is 4.79 Å². The molecule has 1 N–H and O–H groups in total. The summed E-state index contributed by atoms with van der Waals surface area (Å²) in [4.78, 5) is 21.5. The maximum atomic E-state index is 12.3. The van der Waals surface area contributed by atoms with Crippen molar-refractivity contribution in [1.82, 2.24) is 10.3 Å².